The van der Waals surface area contributed by atoms with Crippen molar-refractivity contribution >= 4 is 12.3 Å². The van der Waals surface area contributed by atoms with Crippen molar-refractivity contribution in [3.8, 4) is 22.6 Å². The van der Waals surface area contributed by atoms with Crippen LogP contribution in [-0.2, 0) is 4.74 Å². The molecule has 6 nitrogen and oxygen atoms in total. The van der Waals surface area contributed by atoms with E-state index in [0.29, 0.717) is 29.0 Å². The molecule has 6 heteroatoms. The number of hydrogen-bond acceptors (Lipinski definition) is 5. The standard InChI is InChI=1S/C16H17NO5/c1-4-22-16(19)12-8-11(13(9-18)17-12)10-5-6-14(20-2)15(7-10)21-3/h5-9,17H,4H2,1-3H3. The van der Waals surface area contributed by atoms with Gasteiger partial charge in [-0.2, -0.15) is 0 Å². The third-order valence-corrected chi connectivity index (χ3v) is 3.16. The lowest BCUT2D eigenvalue weighted by Crippen LogP contribution is -2.04. The van der Waals surface area contributed by atoms with Gasteiger partial charge in [0.15, 0.2) is 17.8 Å². The van der Waals surface area contributed by atoms with Gasteiger partial charge < -0.3 is 19.2 Å². The van der Waals surface area contributed by atoms with Crippen molar-refractivity contribution in [2.45, 2.75) is 6.92 Å². The molecule has 1 aromatic heterocycles. The predicted octanol–water partition coefficient (Wildman–Crippen LogP) is 2.69. The fourth-order valence-corrected chi connectivity index (χ4v) is 2.12. The van der Waals surface area contributed by atoms with E-state index in [-0.39, 0.29) is 12.3 Å². The summed E-state index contributed by atoms with van der Waals surface area (Å²) >= 11 is 0. The molecular formula is C16H17NO5. The molecular weight excluding hydrogens is 286 g/mol. The Labute approximate surface area is 128 Å². The van der Waals surface area contributed by atoms with E-state index in [0.717, 1.165) is 5.56 Å². The molecule has 0 aliphatic carbocycles. The second-order valence-corrected chi connectivity index (χ2v) is 4.42. The van der Waals surface area contributed by atoms with Crippen molar-refractivity contribution < 1.29 is 23.8 Å². The minimum atomic E-state index is -0.502. The first kappa shape index (κ1) is 15.6. The lowest BCUT2D eigenvalue weighted by atomic mass is 10.1. The molecule has 0 aliphatic heterocycles. The number of ether oxygens (including phenoxy) is 3. The minimum absolute atomic E-state index is 0.230. The highest BCUT2D eigenvalue weighted by molar-refractivity contribution is 5.95. The molecule has 0 unspecified atom stereocenters. The predicted molar refractivity (Wildman–Crippen MR) is 80.7 cm³/mol. The molecule has 0 aliphatic rings. The van der Waals surface area contributed by atoms with Crippen LogP contribution in [0.15, 0.2) is 24.3 Å². The Morgan fingerprint density at radius 3 is 2.50 bits per heavy atom. The summed E-state index contributed by atoms with van der Waals surface area (Å²) in [5.41, 5.74) is 1.86. The van der Waals surface area contributed by atoms with Crippen LogP contribution in [0.25, 0.3) is 11.1 Å². The lowest BCUT2D eigenvalue weighted by Gasteiger charge is -2.09. The van der Waals surface area contributed by atoms with Crippen LogP contribution in [0.2, 0.25) is 0 Å². The van der Waals surface area contributed by atoms with Crippen molar-refractivity contribution in [3.05, 3.63) is 35.7 Å². The van der Waals surface area contributed by atoms with E-state index in [1.54, 1.807) is 38.3 Å². The van der Waals surface area contributed by atoms with Crippen molar-refractivity contribution in [3.63, 3.8) is 0 Å². The van der Waals surface area contributed by atoms with Gasteiger partial charge in [-0.1, -0.05) is 6.07 Å². The first-order chi connectivity index (χ1) is 10.6. The zero-order valence-electron chi connectivity index (χ0n) is 12.6. The van der Waals surface area contributed by atoms with E-state index in [4.69, 9.17) is 14.2 Å². The number of nitrogens with one attached hydrogen (secondary N) is 1. The molecule has 0 fully saturated rings. The summed E-state index contributed by atoms with van der Waals surface area (Å²) in [5, 5.41) is 0. The van der Waals surface area contributed by atoms with Crippen molar-refractivity contribution in [2.75, 3.05) is 20.8 Å². The quantitative estimate of drug-likeness (QED) is 0.655. The number of carbonyl (C=O) groups is 2. The lowest BCUT2D eigenvalue weighted by molar-refractivity contribution is 0.0520. The number of hydrogen-bond donors (Lipinski definition) is 1. The van der Waals surface area contributed by atoms with E-state index < -0.39 is 5.97 Å². The van der Waals surface area contributed by atoms with Gasteiger partial charge in [-0.05, 0) is 30.7 Å². The molecule has 0 atom stereocenters. The van der Waals surface area contributed by atoms with E-state index in [2.05, 4.69) is 4.98 Å². The van der Waals surface area contributed by atoms with Gasteiger partial charge in [0.05, 0.1) is 26.5 Å². The normalized spacial score (nSPS) is 10.1. The molecule has 0 bridgehead atoms. The van der Waals surface area contributed by atoms with Crippen LogP contribution in [0.1, 0.15) is 27.9 Å². The molecule has 0 radical (unpaired) electrons. The van der Waals surface area contributed by atoms with Gasteiger partial charge in [-0.15, -0.1) is 0 Å². The Morgan fingerprint density at radius 1 is 1.18 bits per heavy atom. The van der Waals surface area contributed by atoms with Crippen molar-refractivity contribution in [1.29, 1.82) is 0 Å². The Bertz CT molecular complexity index is 690. The number of aromatic nitrogens is 1. The Kier molecular flexibility index (Phi) is 4.83. The molecule has 1 aromatic carbocycles. The van der Waals surface area contributed by atoms with Crippen LogP contribution in [-0.4, -0.2) is 38.1 Å². The molecule has 2 aromatic rings. The molecule has 2 rings (SSSR count). The zero-order valence-corrected chi connectivity index (χ0v) is 12.6. The maximum Gasteiger partial charge on any atom is 0.354 e. The largest absolute Gasteiger partial charge is 0.493 e. The number of H-pyrrole nitrogens is 1. The summed E-state index contributed by atoms with van der Waals surface area (Å²) in [6.07, 6.45) is 0.661. The summed E-state index contributed by atoms with van der Waals surface area (Å²) in [4.78, 5) is 25.8. The van der Waals surface area contributed by atoms with Gasteiger partial charge in [0.2, 0.25) is 0 Å². The molecule has 0 saturated heterocycles. The van der Waals surface area contributed by atoms with Crippen LogP contribution in [0.4, 0.5) is 0 Å². The monoisotopic (exact) mass is 303 g/mol. The van der Waals surface area contributed by atoms with Crippen LogP contribution in [0.5, 0.6) is 11.5 Å². The van der Waals surface area contributed by atoms with Gasteiger partial charge in [0.1, 0.15) is 5.69 Å². The molecule has 0 amide bonds. The minimum Gasteiger partial charge on any atom is -0.493 e. The second kappa shape index (κ2) is 6.80. The SMILES string of the molecule is CCOC(=O)c1cc(-c2ccc(OC)c(OC)c2)c(C=O)[nH]1. The number of rotatable bonds is 6. The maximum absolute atomic E-state index is 11.8. The van der Waals surface area contributed by atoms with E-state index in [9.17, 15) is 9.59 Å². The number of methoxy groups -OCH3 is 2. The number of esters is 1. The van der Waals surface area contributed by atoms with Gasteiger partial charge >= 0.3 is 5.97 Å². The molecule has 0 saturated carbocycles. The van der Waals surface area contributed by atoms with E-state index in [1.165, 1.54) is 7.11 Å². The average Bonchev–Trinajstić information content (AvgIpc) is 2.98. The third kappa shape index (κ3) is 2.95. The highest BCUT2D eigenvalue weighted by atomic mass is 16.5. The highest BCUT2D eigenvalue weighted by Crippen LogP contribution is 2.33. The summed E-state index contributed by atoms with van der Waals surface area (Å²) in [6, 6.07) is 6.85. The van der Waals surface area contributed by atoms with E-state index >= 15 is 0 Å². The maximum atomic E-state index is 11.8. The van der Waals surface area contributed by atoms with Crippen molar-refractivity contribution in [2.24, 2.45) is 0 Å². The van der Waals surface area contributed by atoms with Crippen LogP contribution < -0.4 is 9.47 Å². The third-order valence-electron chi connectivity index (χ3n) is 3.16. The molecule has 22 heavy (non-hydrogen) atoms. The van der Waals surface area contributed by atoms with Crippen LogP contribution in [0, 0.1) is 0 Å². The summed E-state index contributed by atoms with van der Waals surface area (Å²) in [6.45, 7) is 1.98. The van der Waals surface area contributed by atoms with Gasteiger partial charge in [0, 0.05) is 5.56 Å². The van der Waals surface area contributed by atoms with Crippen LogP contribution >= 0.6 is 0 Å². The summed E-state index contributed by atoms with van der Waals surface area (Å²) in [5.74, 6) is 0.619. The average molecular weight is 303 g/mol. The fourth-order valence-electron chi connectivity index (χ4n) is 2.12. The molecule has 0 spiro atoms. The molecule has 1 heterocycles. The number of aromatic amines is 1. The van der Waals surface area contributed by atoms with Gasteiger partial charge in [-0.25, -0.2) is 4.79 Å². The Morgan fingerprint density at radius 2 is 1.91 bits per heavy atom. The van der Waals surface area contributed by atoms with Crippen molar-refractivity contribution in [1.82, 2.24) is 4.98 Å². The van der Waals surface area contributed by atoms with Crippen LogP contribution in [0.3, 0.4) is 0 Å². The number of benzene rings is 1. The summed E-state index contributed by atoms with van der Waals surface area (Å²) < 4.78 is 15.4. The highest BCUT2D eigenvalue weighted by Gasteiger charge is 2.17. The summed E-state index contributed by atoms with van der Waals surface area (Å²) in [7, 11) is 3.08. The smallest absolute Gasteiger partial charge is 0.354 e. The molecule has 1 N–H and O–H groups in total. The second-order valence-electron chi connectivity index (χ2n) is 4.42. The zero-order chi connectivity index (χ0) is 16.1. The molecule has 116 valence electrons. The van der Waals surface area contributed by atoms with Gasteiger partial charge in [0.25, 0.3) is 0 Å². The number of carbonyl (C=O) groups excluding carboxylic acids is 2. The van der Waals surface area contributed by atoms with Gasteiger partial charge in [-0.3, -0.25) is 4.79 Å². The Balaban J connectivity index is 2.47. The van der Waals surface area contributed by atoms with E-state index in [1.807, 2.05) is 0 Å². The Hall–Kier alpha value is -2.76. The fraction of sp³-hybridized carbons (Fsp3) is 0.250. The number of aldehydes is 1. The first-order valence-electron chi connectivity index (χ1n) is 6.72. The first-order valence-corrected chi connectivity index (χ1v) is 6.72. The topological polar surface area (TPSA) is 77.6 Å².